The van der Waals surface area contributed by atoms with Crippen molar-refractivity contribution in [3.05, 3.63) is 11.3 Å². The average molecular weight is 295 g/mol. The van der Waals surface area contributed by atoms with E-state index in [2.05, 4.69) is 0 Å². The van der Waals surface area contributed by atoms with Crippen LogP contribution in [0.4, 0.5) is 4.39 Å². The lowest BCUT2D eigenvalue weighted by atomic mass is 9.61. The Hall–Kier alpha value is -0.875. The first-order valence-electron chi connectivity index (χ1n) is 7.57. The van der Waals surface area contributed by atoms with Crippen molar-refractivity contribution in [1.29, 1.82) is 0 Å². The van der Waals surface area contributed by atoms with Crippen LogP contribution >= 0.6 is 0 Å². The normalized spacial score (nSPS) is 33.8. The maximum atomic E-state index is 14.6. The molecular formula is C15H23BFNO3. The van der Waals surface area contributed by atoms with Gasteiger partial charge in [0, 0.05) is 13.6 Å². The minimum absolute atomic E-state index is 0.146. The van der Waals surface area contributed by atoms with Gasteiger partial charge < -0.3 is 14.2 Å². The molecule has 0 aromatic carbocycles. The highest BCUT2D eigenvalue weighted by Gasteiger charge is 2.57. The molecule has 21 heavy (non-hydrogen) atoms. The molecule has 0 N–H and O–H groups in total. The molecule has 3 rings (SSSR count). The Morgan fingerprint density at radius 3 is 2.14 bits per heavy atom. The van der Waals surface area contributed by atoms with Crippen LogP contribution in [0.25, 0.3) is 0 Å². The zero-order valence-electron chi connectivity index (χ0n) is 13.5. The van der Waals surface area contributed by atoms with E-state index in [0.29, 0.717) is 18.4 Å². The third kappa shape index (κ3) is 2.06. The van der Waals surface area contributed by atoms with Crippen LogP contribution in [-0.2, 0) is 14.1 Å². The molecule has 0 aromatic rings. The Labute approximate surface area is 125 Å². The van der Waals surface area contributed by atoms with Crippen LogP contribution in [0.5, 0.6) is 0 Å². The largest absolute Gasteiger partial charge is 0.525 e. The average Bonchev–Trinajstić information content (AvgIpc) is 2.73. The first kappa shape index (κ1) is 15.0. The molecule has 0 radical (unpaired) electrons. The van der Waals surface area contributed by atoms with Crippen molar-refractivity contribution in [3.63, 3.8) is 0 Å². The van der Waals surface area contributed by atoms with Crippen molar-refractivity contribution in [2.24, 2.45) is 5.41 Å². The summed E-state index contributed by atoms with van der Waals surface area (Å²) in [6.07, 6.45) is 1.83. The van der Waals surface area contributed by atoms with E-state index in [0.717, 1.165) is 13.0 Å². The Kier molecular flexibility index (Phi) is 3.10. The molecule has 1 spiro atoms. The molecule has 0 unspecified atom stereocenters. The van der Waals surface area contributed by atoms with Crippen LogP contribution < -0.4 is 0 Å². The molecule has 1 amide bonds. The van der Waals surface area contributed by atoms with Gasteiger partial charge in [0.2, 0.25) is 5.91 Å². The highest BCUT2D eigenvalue weighted by atomic mass is 19.1. The summed E-state index contributed by atoms with van der Waals surface area (Å²) in [6.45, 7) is 8.39. The summed E-state index contributed by atoms with van der Waals surface area (Å²) in [6, 6.07) is 0. The molecule has 3 fully saturated rings. The molecule has 4 nitrogen and oxygen atoms in total. The molecule has 1 saturated carbocycles. The van der Waals surface area contributed by atoms with Gasteiger partial charge in [-0.1, -0.05) is 0 Å². The quantitative estimate of drug-likeness (QED) is 0.698. The second-order valence-electron chi connectivity index (χ2n) is 7.65. The lowest BCUT2D eigenvalue weighted by Crippen LogP contribution is -2.41. The molecular weight excluding hydrogens is 272 g/mol. The van der Waals surface area contributed by atoms with Crippen molar-refractivity contribution >= 4 is 13.0 Å². The number of hydrogen-bond donors (Lipinski definition) is 0. The van der Waals surface area contributed by atoms with Gasteiger partial charge in [0.1, 0.15) is 5.73 Å². The zero-order chi connectivity index (χ0) is 15.6. The van der Waals surface area contributed by atoms with Gasteiger partial charge in [-0.3, -0.25) is 4.79 Å². The molecule has 2 heterocycles. The lowest BCUT2D eigenvalue weighted by Gasteiger charge is -2.39. The van der Waals surface area contributed by atoms with E-state index in [-0.39, 0.29) is 17.0 Å². The minimum atomic E-state index is -0.934. The third-order valence-electron chi connectivity index (χ3n) is 5.63. The molecule has 116 valence electrons. The molecule has 1 aliphatic carbocycles. The monoisotopic (exact) mass is 295 g/mol. The third-order valence-corrected chi connectivity index (χ3v) is 5.63. The number of allylic oxidation sites excluding steroid dienone is 1. The van der Waals surface area contributed by atoms with Crippen molar-refractivity contribution in [3.8, 4) is 0 Å². The number of hydrogen-bond acceptors (Lipinski definition) is 3. The van der Waals surface area contributed by atoms with E-state index in [4.69, 9.17) is 9.31 Å². The SMILES string of the molecule is CN1CCC2(CC(=C(F)B3OC(C)(C)C(C)(C)O3)C2)C1=O. The van der Waals surface area contributed by atoms with Crippen LogP contribution in [-0.4, -0.2) is 42.7 Å². The summed E-state index contributed by atoms with van der Waals surface area (Å²) >= 11 is 0. The smallest absolute Gasteiger partial charge is 0.398 e. The van der Waals surface area contributed by atoms with Gasteiger partial charge >= 0.3 is 7.12 Å². The number of amides is 1. The number of nitrogens with zero attached hydrogens (tertiary/aromatic N) is 1. The second-order valence-corrected chi connectivity index (χ2v) is 7.65. The molecule has 2 aliphatic heterocycles. The topological polar surface area (TPSA) is 38.8 Å². The van der Waals surface area contributed by atoms with Crippen LogP contribution in [0.3, 0.4) is 0 Å². The Morgan fingerprint density at radius 1 is 1.19 bits per heavy atom. The summed E-state index contributed by atoms with van der Waals surface area (Å²) in [5.74, 6) is 0.146. The number of carbonyl (C=O) groups is 1. The van der Waals surface area contributed by atoms with Gasteiger partial charge in [-0.2, -0.15) is 0 Å². The van der Waals surface area contributed by atoms with E-state index < -0.39 is 18.3 Å². The highest BCUT2D eigenvalue weighted by Crippen LogP contribution is 2.54. The van der Waals surface area contributed by atoms with E-state index in [1.165, 1.54) is 0 Å². The van der Waals surface area contributed by atoms with Gasteiger partial charge in [0.15, 0.2) is 0 Å². The van der Waals surface area contributed by atoms with Crippen LogP contribution in [0.15, 0.2) is 11.3 Å². The van der Waals surface area contributed by atoms with Gasteiger partial charge in [-0.05, 0) is 52.5 Å². The van der Waals surface area contributed by atoms with E-state index in [1.54, 1.807) is 4.90 Å². The lowest BCUT2D eigenvalue weighted by molar-refractivity contribution is -0.136. The second kappa shape index (κ2) is 4.32. The number of halogens is 1. The van der Waals surface area contributed by atoms with E-state index >= 15 is 0 Å². The molecule has 6 heteroatoms. The minimum Gasteiger partial charge on any atom is -0.398 e. The summed E-state index contributed by atoms with van der Waals surface area (Å²) in [7, 11) is 0.875. The van der Waals surface area contributed by atoms with Gasteiger partial charge in [-0.25, -0.2) is 4.39 Å². The maximum absolute atomic E-state index is 14.6. The Bertz CT molecular complexity index is 505. The fourth-order valence-electron chi connectivity index (χ4n) is 3.37. The van der Waals surface area contributed by atoms with E-state index in [9.17, 15) is 9.18 Å². The summed E-state index contributed by atoms with van der Waals surface area (Å²) in [5.41, 5.74) is -1.09. The molecule has 0 atom stereocenters. The highest BCUT2D eigenvalue weighted by molar-refractivity contribution is 6.54. The molecule has 2 saturated heterocycles. The molecule has 0 bridgehead atoms. The van der Waals surface area contributed by atoms with Crippen LogP contribution in [0.2, 0.25) is 0 Å². The van der Waals surface area contributed by atoms with Crippen molar-refractivity contribution in [2.45, 2.75) is 58.2 Å². The van der Waals surface area contributed by atoms with Gasteiger partial charge in [-0.15, -0.1) is 0 Å². The summed E-state index contributed by atoms with van der Waals surface area (Å²) in [4.78, 5) is 13.9. The molecule has 0 aromatic heterocycles. The fourth-order valence-corrected chi connectivity index (χ4v) is 3.37. The van der Waals surface area contributed by atoms with Gasteiger partial charge in [0.05, 0.1) is 16.6 Å². The Balaban J connectivity index is 1.74. The first-order valence-corrected chi connectivity index (χ1v) is 7.57. The predicted molar refractivity (Wildman–Crippen MR) is 78.1 cm³/mol. The van der Waals surface area contributed by atoms with E-state index in [1.807, 2.05) is 34.7 Å². The maximum Gasteiger partial charge on any atom is 0.525 e. The van der Waals surface area contributed by atoms with Crippen molar-refractivity contribution in [2.75, 3.05) is 13.6 Å². The standard InChI is InChI=1S/C15H23BFNO3/c1-13(2)14(3,4)21-16(20-13)11(17)10-8-15(9-10)6-7-18(5)12(15)19/h6-9H2,1-5H3. The Morgan fingerprint density at radius 2 is 1.71 bits per heavy atom. The first-order chi connectivity index (χ1) is 9.58. The van der Waals surface area contributed by atoms with Crippen LogP contribution in [0, 0.1) is 5.41 Å². The zero-order valence-corrected chi connectivity index (χ0v) is 13.5. The molecule has 3 aliphatic rings. The number of carbonyl (C=O) groups excluding carboxylic acids is 1. The van der Waals surface area contributed by atoms with Crippen molar-refractivity contribution in [1.82, 2.24) is 4.90 Å². The van der Waals surface area contributed by atoms with Crippen LogP contribution in [0.1, 0.15) is 47.0 Å². The fraction of sp³-hybridized carbons (Fsp3) is 0.800. The predicted octanol–water partition coefficient (Wildman–Crippen LogP) is 2.48. The summed E-state index contributed by atoms with van der Waals surface area (Å²) in [5, 5.41) is 0. The number of likely N-dealkylation sites (tertiary alicyclic amines) is 1. The van der Waals surface area contributed by atoms with Crippen molar-refractivity contribution < 1.29 is 18.5 Å². The summed E-state index contributed by atoms with van der Waals surface area (Å²) < 4.78 is 26.1. The number of rotatable bonds is 1. The van der Waals surface area contributed by atoms with Gasteiger partial charge in [0.25, 0.3) is 0 Å².